The Kier molecular flexibility index (Phi) is 26.1. The Morgan fingerprint density at radius 1 is 0.348 bits per heavy atom. The summed E-state index contributed by atoms with van der Waals surface area (Å²) in [5, 5.41) is 13.9. The van der Waals surface area contributed by atoms with Crippen molar-refractivity contribution in [3.05, 3.63) is 26.6 Å². The van der Waals surface area contributed by atoms with Crippen molar-refractivity contribution in [3.8, 4) is 0 Å². The molecule has 0 spiro atoms. The van der Waals surface area contributed by atoms with E-state index in [4.69, 9.17) is 0 Å². The smallest absolute Gasteiger partial charge is 0.453 e. The monoisotopic (exact) mass is 1060 g/mol. The molecule has 66 heavy (non-hydrogen) atoms. The van der Waals surface area contributed by atoms with E-state index in [0.29, 0.717) is 0 Å². The Morgan fingerprint density at radius 2 is 0.682 bits per heavy atom. The second-order valence-electron chi connectivity index (χ2n) is 13.1. The van der Waals surface area contributed by atoms with Crippen LogP contribution >= 0.6 is 0 Å². The number of alkyl halides is 32. The average Bonchev–Trinajstić information content (AvgIpc) is 3.28. The van der Waals surface area contributed by atoms with Gasteiger partial charge >= 0.3 is 48.9 Å². The molecule has 0 atom stereocenters. The Hall–Kier alpha value is -2.44. The highest BCUT2D eigenvalue weighted by Crippen LogP contribution is 2.44. The minimum Gasteiger partial charge on any atom is -0.662 e. The van der Waals surface area contributed by atoms with Gasteiger partial charge in [0.2, 0.25) is 11.8 Å². The molecule has 37 heteroatoms. The summed E-state index contributed by atoms with van der Waals surface area (Å²) in [5.41, 5.74) is 0. The summed E-state index contributed by atoms with van der Waals surface area (Å²) < 4.78 is 379. The van der Waals surface area contributed by atoms with Crippen LogP contribution in [0, 0.1) is 0 Å². The van der Waals surface area contributed by atoms with Crippen molar-refractivity contribution in [1.29, 1.82) is 0 Å². The highest BCUT2D eigenvalue weighted by molar-refractivity contribution is 5.09. The van der Waals surface area contributed by atoms with Crippen LogP contribution in [0.1, 0.15) is 38.5 Å². The van der Waals surface area contributed by atoms with Gasteiger partial charge in [-0.2, -0.15) is 87.8 Å². The van der Waals surface area contributed by atoms with Gasteiger partial charge in [0.05, 0.1) is 6.42 Å². The number of hydrogen-bond acceptors (Lipinski definition) is 0. The molecular weight excluding hydrogens is 1030 g/mol. The van der Waals surface area contributed by atoms with E-state index < -0.39 is 176 Å². The Morgan fingerprint density at radius 3 is 0.955 bits per heavy atom. The maximum absolute atomic E-state index is 12.9. The second-order valence-corrected chi connectivity index (χ2v) is 13.1. The molecule has 2 rings (SSSR count). The SMILES string of the molecule is FC(F)(F)CCC(F)(F)C[N-]CC(F)(F)CC(F)(F)C(F)(F)F.FC(F)(F)CC[N-]CCC(F)(F)F.FC(F)(F)C[N-]CC(F)(F)F.FC1(F)CC[N-]CC1(F)F.FC1(F)C[N-]CC1(F)F. The molecule has 2 heterocycles. The van der Waals surface area contributed by atoms with Gasteiger partial charge in [-0.15, -0.1) is 19.6 Å². The third kappa shape index (κ3) is 34.8. The first-order chi connectivity index (χ1) is 28.7. The summed E-state index contributed by atoms with van der Waals surface area (Å²) in [5.74, 6) is -30.2. The standard InChI is InChI=1S/C10H10F12N.C6H8F6N.C5H6F4N.C4H4F6N.C4H4F4N/c11-6(12,1-2-9(17,18)19)4-23-5-7(13,14)3-8(15,16)10(20,21)22;7-5(8,9)1-3-13-4-2-6(10,11)12;6-4(7)1-2-10-3-5(4,8)9;5-3(6,7)1-11-2-4(8,9)10;5-3(6)1-9-2-4(3,7)8/h1-5H2;1-4H2;1-3H2;1-2H2;1-2H2/q5*-1. The summed E-state index contributed by atoms with van der Waals surface area (Å²) in [7, 11) is 0. The van der Waals surface area contributed by atoms with Crippen LogP contribution in [0.25, 0.3) is 26.6 Å². The molecule has 5 nitrogen and oxygen atoms in total. The molecule has 0 N–H and O–H groups in total. The first kappa shape index (κ1) is 67.8. The molecule has 0 unspecified atom stereocenters. The zero-order valence-electron chi connectivity index (χ0n) is 32.1. The van der Waals surface area contributed by atoms with E-state index in [1.807, 2.05) is 0 Å². The fraction of sp³-hybridized carbons (Fsp3) is 1.00. The van der Waals surface area contributed by atoms with Crippen LogP contribution in [0.15, 0.2) is 0 Å². The van der Waals surface area contributed by atoms with E-state index in [-0.39, 0.29) is 6.54 Å². The van der Waals surface area contributed by atoms with Gasteiger partial charge in [0.15, 0.2) is 0 Å². The van der Waals surface area contributed by atoms with Crippen molar-refractivity contribution in [2.75, 3.05) is 65.4 Å². The summed E-state index contributed by atoms with van der Waals surface area (Å²) in [6, 6.07) is 0. The zero-order valence-corrected chi connectivity index (χ0v) is 32.1. The molecule has 402 valence electrons. The second kappa shape index (κ2) is 25.4. The first-order valence-corrected chi connectivity index (χ1v) is 16.9. The summed E-state index contributed by atoms with van der Waals surface area (Å²) >= 11 is 0. The van der Waals surface area contributed by atoms with Gasteiger partial charge in [0.1, 0.15) is 0 Å². The highest BCUT2D eigenvalue weighted by atomic mass is 19.4. The average molecular weight is 1060 g/mol. The van der Waals surface area contributed by atoms with Crippen LogP contribution in [0.4, 0.5) is 140 Å². The molecule has 0 aromatic carbocycles. The van der Waals surface area contributed by atoms with Crippen LogP contribution in [0.3, 0.4) is 0 Å². The summed E-state index contributed by atoms with van der Waals surface area (Å²) in [4.78, 5) is 0. The van der Waals surface area contributed by atoms with Gasteiger partial charge in [-0.05, 0) is 6.42 Å². The maximum atomic E-state index is 12.9. The van der Waals surface area contributed by atoms with E-state index in [1.54, 1.807) is 0 Å². The number of nitrogens with zero attached hydrogens (tertiary/aromatic N) is 5. The van der Waals surface area contributed by atoms with E-state index in [0.717, 1.165) is 0 Å². The van der Waals surface area contributed by atoms with Crippen LogP contribution < -0.4 is 0 Å². The molecule has 2 saturated heterocycles. The minimum absolute atomic E-state index is 0.164. The van der Waals surface area contributed by atoms with Gasteiger partial charge in [0.25, 0.3) is 17.8 Å². The van der Waals surface area contributed by atoms with Crippen LogP contribution in [-0.2, 0) is 0 Å². The molecular formula is C29H32F32N5-5. The molecule has 0 aliphatic carbocycles. The zero-order chi connectivity index (χ0) is 53.3. The highest BCUT2D eigenvalue weighted by Gasteiger charge is 2.61. The number of hydrogen-bond donors (Lipinski definition) is 0. The largest absolute Gasteiger partial charge is 0.662 e. The molecule has 2 aliphatic rings. The molecule has 0 aromatic heterocycles. The predicted octanol–water partition coefficient (Wildman–Crippen LogP) is 15.0. The van der Waals surface area contributed by atoms with Crippen LogP contribution in [0.2, 0.25) is 0 Å². The van der Waals surface area contributed by atoms with Gasteiger partial charge in [-0.1, -0.05) is 45.8 Å². The molecule has 0 saturated carbocycles. The van der Waals surface area contributed by atoms with Crippen molar-refractivity contribution < 1.29 is 140 Å². The van der Waals surface area contributed by atoms with Crippen molar-refractivity contribution >= 4 is 0 Å². The maximum Gasteiger partial charge on any atom is 0.453 e. The third-order valence-electron chi connectivity index (χ3n) is 6.63. The lowest BCUT2D eigenvalue weighted by atomic mass is 10.1. The van der Waals surface area contributed by atoms with E-state index in [1.165, 1.54) is 0 Å². The quantitative estimate of drug-likeness (QED) is 0.123. The van der Waals surface area contributed by atoms with Crippen LogP contribution in [-0.4, -0.2) is 144 Å². The lowest BCUT2D eigenvalue weighted by molar-refractivity contribution is -0.299. The third-order valence-corrected chi connectivity index (χ3v) is 6.63. The molecule has 0 aromatic rings. The summed E-state index contributed by atoms with van der Waals surface area (Å²) in [6.45, 7) is -11.9. The summed E-state index contributed by atoms with van der Waals surface area (Å²) in [6.07, 6.45) is -39.0. The molecule has 2 aliphatic heterocycles. The van der Waals surface area contributed by atoms with Crippen molar-refractivity contribution in [1.82, 2.24) is 0 Å². The van der Waals surface area contributed by atoms with Gasteiger partial charge in [-0.25, -0.2) is 52.7 Å². The van der Waals surface area contributed by atoms with Gasteiger partial charge < -0.3 is 26.6 Å². The lowest BCUT2D eigenvalue weighted by Gasteiger charge is -2.38. The molecule has 0 bridgehead atoms. The Balaban J connectivity index is -0.000000791. The number of piperidine rings is 1. The first-order valence-electron chi connectivity index (χ1n) is 16.9. The number of halogens is 32. The molecule has 0 amide bonds. The molecule has 0 radical (unpaired) electrons. The van der Waals surface area contributed by atoms with E-state index in [9.17, 15) is 140 Å². The normalized spacial score (nSPS) is 18.9. The van der Waals surface area contributed by atoms with Crippen LogP contribution in [0.5, 0.6) is 0 Å². The minimum atomic E-state index is -6.26. The predicted molar refractivity (Wildman–Crippen MR) is 164 cm³/mol. The fourth-order valence-electron chi connectivity index (χ4n) is 3.41. The Bertz CT molecular complexity index is 1250. The van der Waals surface area contributed by atoms with Crippen molar-refractivity contribution in [2.24, 2.45) is 0 Å². The number of rotatable bonds is 14. The van der Waals surface area contributed by atoms with Gasteiger partial charge in [0, 0.05) is 25.7 Å². The van der Waals surface area contributed by atoms with Gasteiger partial charge in [-0.3, -0.25) is 0 Å². The van der Waals surface area contributed by atoms with Crippen molar-refractivity contribution in [3.63, 3.8) is 0 Å². The lowest BCUT2D eigenvalue weighted by Crippen LogP contribution is -2.47. The van der Waals surface area contributed by atoms with Crippen molar-refractivity contribution in [2.45, 2.75) is 117 Å². The Labute approximate surface area is 350 Å². The van der Waals surface area contributed by atoms with E-state index >= 15 is 0 Å². The topological polar surface area (TPSA) is 70.5 Å². The van der Waals surface area contributed by atoms with E-state index in [2.05, 4.69) is 26.6 Å². The molecule has 2 fully saturated rings. The fourth-order valence-corrected chi connectivity index (χ4v) is 3.41.